The summed E-state index contributed by atoms with van der Waals surface area (Å²) in [5.41, 5.74) is 3.98. The second kappa shape index (κ2) is 7.29. The SMILES string of the molecule is Cc1ccc(-c2ccc(C3COC(c4c(Cl)cncc4Cl)=N3)cc2)cc1F. The Bertz CT molecular complexity index is 1010. The lowest BCUT2D eigenvalue weighted by Crippen LogP contribution is -2.03. The molecule has 1 unspecified atom stereocenters. The normalized spacial score (nSPS) is 16.1. The van der Waals surface area contributed by atoms with E-state index in [4.69, 9.17) is 27.9 Å². The van der Waals surface area contributed by atoms with Crippen LogP contribution in [-0.4, -0.2) is 17.5 Å². The summed E-state index contributed by atoms with van der Waals surface area (Å²) < 4.78 is 19.5. The zero-order chi connectivity index (χ0) is 19.0. The maximum absolute atomic E-state index is 13.8. The molecule has 0 spiro atoms. The summed E-state index contributed by atoms with van der Waals surface area (Å²) >= 11 is 12.4. The smallest absolute Gasteiger partial charge is 0.220 e. The molecular formula is C21H15Cl2FN2O. The number of aryl methyl sites for hydroxylation is 1. The fourth-order valence-corrected chi connectivity index (χ4v) is 3.49. The molecule has 0 radical (unpaired) electrons. The highest BCUT2D eigenvalue weighted by Gasteiger charge is 2.25. The molecule has 3 aromatic rings. The van der Waals surface area contributed by atoms with E-state index in [0.29, 0.717) is 33.7 Å². The van der Waals surface area contributed by atoms with Crippen LogP contribution in [0, 0.1) is 12.7 Å². The van der Waals surface area contributed by atoms with Crippen LogP contribution in [0.15, 0.2) is 59.9 Å². The van der Waals surface area contributed by atoms with Crippen molar-refractivity contribution in [2.75, 3.05) is 6.61 Å². The number of aliphatic imine (C=N–C) groups is 1. The second-order valence-electron chi connectivity index (χ2n) is 6.33. The van der Waals surface area contributed by atoms with Gasteiger partial charge in [0.15, 0.2) is 0 Å². The van der Waals surface area contributed by atoms with Gasteiger partial charge in [-0.3, -0.25) is 4.98 Å². The molecule has 4 rings (SSSR count). The molecule has 3 nitrogen and oxygen atoms in total. The third kappa shape index (κ3) is 3.55. The molecule has 0 saturated heterocycles. The number of halogens is 3. The Morgan fingerprint density at radius 1 is 1.00 bits per heavy atom. The van der Waals surface area contributed by atoms with E-state index in [1.54, 1.807) is 19.1 Å². The number of rotatable bonds is 3. The third-order valence-corrected chi connectivity index (χ3v) is 5.09. The Kier molecular flexibility index (Phi) is 4.85. The highest BCUT2D eigenvalue weighted by atomic mass is 35.5. The van der Waals surface area contributed by atoms with Crippen LogP contribution in [0.4, 0.5) is 4.39 Å². The van der Waals surface area contributed by atoms with Gasteiger partial charge in [0, 0.05) is 12.4 Å². The first-order valence-electron chi connectivity index (χ1n) is 8.39. The van der Waals surface area contributed by atoms with Crippen molar-refractivity contribution in [3.05, 3.63) is 87.4 Å². The van der Waals surface area contributed by atoms with Crippen molar-refractivity contribution in [3.63, 3.8) is 0 Å². The average molecular weight is 401 g/mol. The summed E-state index contributed by atoms with van der Waals surface area (Å²) in [5.74, 6) is 0.211. The van der Waals surface area contributed by atoms with Crippen LogP contribution in [0.25, 0.3) is 11.1 Å². The second-order valence-corrected chi connectivity index (χ2v) is 7.14. The van der Waals surface area contributed by atoms with Gasteiger partial charge in [-0.15, -0.1) is 0 Å². The van der Waals surface area contributed by atoms with Gasteiger partial charge < -0.3 is 4.74 Å². The van der Waals surface area contributed by atoms with E-state index in [2.05, 4.69) is 9.98 Å². The van der Waals surface area contributed by atoms with Gasteiger partial charge in [-0.25, -0.2) is 9.38 Å². The molecule has 0 saturated carbocycles. The Morgan fingerprint density at radius 2 is 1.67 bits per heavy atom. The van der Waals surface area contributed by atoms with E-state index in [9.17, 15) is 4.39 Å². The lowest BCUT2D eigenvalue weighted by atomic mass is 10.0. The van der Waals surface area contributed by atoms with E-state index < -0.39 is 0 Å². The lowest BCUT2D eigenvalue weighted by Gasteiger charge is -2.08. The molecule has 2 aromatic carbocycles. The summed E-state index contributed by atoms with van der Waals surface area (Å²) in [6, 6.07) is 13.0. The molecular weight excluding hydrogens is 386 g/mol. The molecule has 1 aliphatic rings. The number of ether oxygens (including phenoxy) is 1. The standard InChI is InChI=1S/C21H15Cl2FN2O/c1-12-2-3-15(8-18(12)24)13-4-6-14(7-5-13)19-11-27-21(26-19)20-16(22)9-25-10-17(20)23/h2-10,19H,11H2,1H3. The number of nitrogens with zero attached hydrogens (tertiary/aromatic N) is 2. The molecule has 0 amide bonds. The Labute approximate surface area is 166 Å². The first-order valence-corrected chi connectivity index (χ1v) is 9.15. The van der Waals surface area contributed by atoms with Gasteiger partial charge in [0.25, 0.3) is 0 Å². The van der Waals surface area contributed by atoms with Crippen molar-refractivity contribution in [2.24, 2.45) is 4.99 Å². The summed E-state index contributed by atoms with van der Waals surface area (Å²) in [5, 5.41) is 0.803. The topological polar surface area (TPSA) is 34.5 Å². The predicted molar refractivity (Wildman–Crippen MR) is 106 cm³/mol. The third-order valence-electron chi connectivity index (χ3n) is 4.52. The van der Waals surface area contributed by atoms with Gasteiger partial charge in [-0.05, 0) is 35.2 Å². The van der Waals surface area contributed by atoms with Crippen molar-refractivity contribution in [3.8, 4) is 11.1 Å². The van der Waals surface area contributed by atoms with Crippen molar-refractivity contribution in [1.29, 1.82) is 0 Å². The quantitative estimate of drug-likeness (QED) is 0.538. The summed E-state index contributed by atoms with van der Waals surface area (Å²) in [7, 11) is 0. The maximum Gasteiger partial charge on any atom is 0.220 e. The van der Waals surface area contributed by atoms with Gasteiger partial charge in [-0.1, -0.05) is 59.6 Å². The van der Waals surface area contributed by atoms with E-state index in [1.807, 2.05) is 30.3 Å². The largest absolute Gasteiger partial charge is 0.475 e. The molecule has 0 N–H and O–H groups in total. The minimum absolute atomic E-state index is 0.149. The first-order chi connectivity index (χ1) is 13.0. The van der Waals surface area contributed by atoms with E-state index in [0.717, 1.165) is 16.7 Å². The van der Waals surface area contributed by atoms with Crippen LogP contribution < -0.4 is 0 Å². The maximum atomic E-state index is 13.8. The molecule has 1 aliphatic heterocycles. The van der Waals surface area contributed by atoms with Gasteiger partial charge >= 0.3 is 0 Å². The monoisotopic (exact) mass is 400 g/mol. The molecule has 1 atom stereocenters. The summed E-state index contributed by atoms with van der Waals surface area (Å²) in [6.07, 6.45) is 3.02. The zero-order valence-electron chi connectivity index (χ0n) is 14.4. The minimum atomic E-state index is -0.207. The van der Waals surface area contributed by atoms with Gasteiger partial charge in [0.05, 0.1) is 15.6 Å². The van der Waals surface area contributed by atoms with Crippen molar-refractivity contribution in [2.45, 2.75) is 13.0 Å². The Morgan fingerprint density at radius 3 is 2.33 bits per heavy atom. The molecule has 0 fully saturated rings. The van der Waals surface area contributed by atoms with Crippen molar-refractivity contribution in [1.82, 2.24) is 4.98 Å². The van der Waals surface area contributed by atoms with Crippen LogP contribution in [0.1, 0.15) is 22.7 Å². The Balaban J connectivity index is 1.60. The minimum Gasteiger partial charge on any atom is -0.475 e. The number of hydrogen-bond acceptors (Lipinski definition) is 3. The first kappa shape index (κ1) is 18.0. The molecule has 136 valence electrons. The average Bonchev–Trinajstić information content (AvgIpc) is 3.14. The summed E-state index contributed by atoms with van der Waals surface area (Å²) in [4.78, 5) is 8.56. The molecule has 2 heterocycles. The fourth-order valence-electron chi connectivity index (χ4n) is 2.97. The molecule has 0 aliphatic carbocycles. The van der Waals surface area contributed by atoms with E-state index in [-0.39, 0.29) is 11.9 Å². The van der Waals surface area contributed by atoms with Crippen LogP contribution in [0.5, 0.6) is 0 Å². The molecule has 6 heteroatoms. The summed E-state index contributed by atoms with van der Waals surface area (Å²) in [6.45, 7) is 2.15. The van der Waals surface area contributed by atoms with Crippen LogP contribution >= 0.6 is 23.2 Å². The number of pyridine rings is 1. The van der Waals surface area contributed by atoms with Crippen LogP contribution in [0.3, 0.4) is 0 Å². The zero-order valence-corrected chi connectivity index (χ0v) is 15.9. The highest BCUT2D eigenvalue weighted by molar-refractivity contribution is 6.39. The number of benzene rings is 2. The number of aromatic nitrogens is 1. The molecule has 0 bridgehead atoms. The van der Waals surface area contributed by atoms with Crippen molar-refractivity contribution < 1.29 is 9.13 Å². The predicted octanol–water partition coefficient (Wildman–Crippen LogP) is 6.02. The van der Waals surface area contributed by atoms with Crippen molar-refractivity contribution >= 4 is 29.1 Å². The van der Waals surface area contributed by atoms with E-state index in [1.165, 1.54) is 12.4 Å². The number of hydrogen-bond donors (Lipinski definition) is 0. The fraction of sp³-hybridized carbons (Fsp3) is 0.143. The van der Waals surface area contributed by atoms with Crippen LogP contribution in [-0.2, 0) is 4.74 Å². The molecule has 27 heavy (non-hydrogen) atoms. The van der Waals surface area contributed by atoms with E-state index >= 15 is 0 Å². The van der Waals surface area contributed by atoms with Gasteiger partial charge in [0.1, 0.15) is 18.5 Å². The van der Waals surface area contributed by atoms with Crippen LogP contribution in [0.2, 0.25) is 10.0 Å². The highest BCUT2D eigenvalue weighted by Crippen LogP contribution is 2.32. The lowest BCUT2D eigenvalue weighted by molar-refractivity contribution is 0.320. The molecule has 1 aromatic heterocycles. The van der Waals surface area contributed by atoms with Gasteiger partial charge in [0.2, 0.25) is 5.90 Å². The van der Waals surface area contributed by atoms with Gasteiger partial charge in [-0.2, -0.15) is 0 Å². The Hall–Kier alpha value is -2.43.